The third-order valence-electron chi connectivity index (χ3n) is 3.44. The Morgan fingerprint density at radius 2 is 1.91 bits per heavy atom. The number of hydrogen-bond acceptors (Lipinski definition) is 4. The lowest BCUT2D eigenvalue weighted by Crippen LogP contribution is -2.14. The van der Waals surface area contributed by atoms with Crippen LogP contribution in [0, 0.1) is 0 Å². The third-order valence-corrected chi connectivity index (χ3v) is 3.44. The van der Waals surface area contributed by atoms with Crippen molar-refractivity contribution in [2.45, 2.75) is 19.3 Å². The first-order valence-corrected chi connectivity index (χ1v) is 7.40. The molecule has 3 rings (SSSR count). The Bertz CT molecular complexity index is 874. The molecule has 0 spiro atoms. The molecule has 23 heavy (non-hydrogen) atoms. The lowest BCUT2D eigenvalue weighted by Gasteiger charge is -2.05. The fourth-order valence-electron chi connectivity index (χ4n) is 2.33. The highest BCUT2D eigenvalue weighted by molar-refractivity contribution is 5.90. The fraction of sp³-hybridized carbons (Fsp3) is 0.176. The van der Waals surface area contributed by atoms with E-state index in [1.165, 1.54) is 0 Å². The average molecular weight is 308 g/mol. The Morgan fingerprint density at radius 1 is 1.13 bits per heavy atom. The van der Waals surface area contributed by atoms with Gasteiger partial charge in [-0.15, -0.1) is 0 Å². The number of pyridine rings is 1. The Hall–Kier alpha value is -3.02. The van der Waals surface area contributed by atoms with E-state index in [1.54, 1.807) is 30.6 Å². The maximum atomic E-state index is 12.0. The van der Waals surface area contributed by atoms with Crippen LogP contribution in [0.3, 0.4) is 0 Å². The van der Waals surface area contributed by atoms with Crippen molar-refractivity contribution in [3.8, 4) is 0 Å². The quantitative estimate of drug-likeness (QED) is 0.757. The summed E-state index contributed by atoms with van der Waals surface area (Å²) < 4.78 is 0. The number of nitrogens with zero attached hydrogens (tertiary/aromatic N) is 2. The van der Waals surface area contributed by atoms with Crippen LogP contribution in [0.2, 0.25) is 0 Å². The van der Waals surface area contributed by atoms with Crippen LogP contribution in [-0.2, 0) is 11.2 Å². The lowest BCUT2D eigenvalue weighted by molar-refractivity contribution is -0.116. The highest BCUT2D eigenvalue weighted by Crippen LogP contribution is 2.08. The summed E-state index contributed by atoms with van der Waals surface area (Å²) in [5.41, 5.74) is 1.25. The second-order valence-corrected chi connectivity index (χ2v) is 5.17. The molecule has 6 heteroatoms. The SMILES string of the molecule is O=C(CCCc1nc2ccccc2c(=O)[nH]1)Nc1ccncc1. The number of amides is 1. The topological polar surface area (TPSA) is 87.7 Å². The molecule has 0 saturated carbocycles. The van der Waals surface area contributed by atoms with Crippen LogP contribution in [0.5, 0.6) is 0 Å². The zero-order chi connectivity index (χ0) is 16.1. The fourth-order valence-corrected chi connectivity index (χ4v) is 2.33. The molecule has 0 fully saturated rings. The average Bonchev–Trinajstić information content (AvgIpc) is 2.56. The first-order chi connectivity index (χ1) is 11.2. The zero-order valence-corrected chi connectivity index (χ0v) is 12.5. The Labute approximate surface area is 132 Å². The highest BCUT2D eigenvalue weighted by Gasteiger charge is 2.06. The van der Waals surface area contributed by atoms with Gasteiger partial charge in [0.25, 0.3) is 5.56 Å². The predicted molar refractivity (Wildman–Crippen MR) is 88.2 cm³/mol. The van der Waals surface area contributed by atoms with Crippen molar-refractivity contribution < 1.29 is 4.79 Å². The number of aromatic nitrogens is 3. The summed E-state index contributed by atoms with van der Waals surface area (Å²) in [5, 5.41) is 3.37. The smallest absolute Gasteiger partial charge is 0.258 e. The van der Waals surface area contributed by atoms with Gasteiger partial charge in [-0.05, 0) is 30.7 Å². The number of benzene rings is 1. The van der Waals surface area contributed by atoms with Gasteiger partial charge >= 0.3 is 0 Å². The van der Waals surface area contributed by atoms with Gasteiger partial charge in [0.15, 0.2) is 0 Å². The number of H-pyrrole nitrogens is 1. The minimum atomic E-state index is -0.146. The minimum Gasteiger partial charge on any atom is -0.326 e. The molecule has 0 aliphatic heterocycles. The number of rotatable bonds is 5. The molecule has 1 amide bonds. The second kappa shape index (κ2) is 6.83. The van der Waals surface area contributed by atoms with E-state index in [1.807, 2.05) is 18.2 Å². The van der Waals surface area contributed by atoms with Gasteiger partial charge in [0, 0.05) is 30.9 Å². The van der Waals surface area contributed by atoms with Gasteiger partial charge in [-0.2, -0.15) is 0 Å². The van der Waals surface area contributed by atoms with Crippen molar-refractivity contribution in [1.29, 1.82) is 0 Å². The van der Waals surface area contributed by atoms with Gasteiger partial charge in [0.05, 0.1) is 10.9 Å². The molecule has 0 atom stereocenters. The molecule has 116 valence electrons. The van der Waals surface area contributed by atoms with Crippen molar-refractivity contribution in [2.24, 2.45) is 0 Å². The molecule has 2 N–H and O–H groups in total. The summed E-state index contributed by atoms with van der Waals surface area (Å²) in [5.74, 6) is 0.532. The van der Waals surface area contributed by atoms with Crippen molar-refractivity contribution in [3.05, 3.63) is 65.0 Å². The number of anilines is 1. The molecule has 0 aliphatic rings. The molecule has 0 aliphatic carbocycles. The molecule has 0 radical (unpaired) electrons. The normalized spacial score (nSPS) is 10.6. The van der Waals surface area contributed by atoms with Crippen LogP contribution >= 0.6 is 0 Å². The van der Waals surface area contributed by atoms with E-state index in [4.69, 9.17) is 0 Å². The van der Waals surface area contributed by atoms with E-state index in [2.05, 4.69) is 20.3 Å². The Kier molecular flexibility index (Phi) is 4.42. The molecule has 6 nitrogen and oxygen atoms in total. The van der Waals surface area contributed by atoms with Crippen molar-refractivity contribution in [2.75, 3.05) is 5.32 Å². The maximum Gasteiger partial charge on any atom is 0.258 e. The van der Waals surface area contributed by atoms with Crippen LogP contribution in [0.4, 0.5) is 5.69 Å². The molecular formula is C17H16N4O2. The highest BCUT2D eigenvalue weighted by atomic mass is 16.1. The Morgan fingerprint density at radius 3 is 2.74 bits per heavy atom. The summed E-state index contributed by atoms with van der Waals surface area (Å²) in [4.78, 5) is 34.9. The molecule has 0 saturated heterocycles. The summed E-state index contributed by atoms with van der Waals surface area (Å²) in [6, 6.07) is 10.7. The van der Waals surface area contributed by atoms with Crippen LogP contribution in [0.1, 0.15) is 18.7 Å². The molecule has 2 heterocycles. The number of para-hydroxylation sites is 1. The number of nitrogens with one attached hydrogen (secondary N) is 2. The van der Waals surface area contributed by atoms with Gasteiger partial charge in [-0.25, -0.2) is 4.98 Å². The van der Waals surface area contributed by atoms with Gasteiger partial charge in [-0.1, -0.05) is 12.1 Å². The van der Waals surface area contributed by atoms with Crippen LogP contribution < -0.4 is 10.9 Å². The number of carbonyl (C=O) groups excluding carboxylic acids is 1. The first-order valence-electron chi connectivity index (χ1n) is 7.40. The predicted octanol–water partition coefficient (Wildman–Crippen LogP) is 2.28. The summed E-state index contributed by atoms with van der Waals surface area (Å²) in [6.07, 6.45) is 4.76. The number of aryl methyl sites for hydroxylation is 1. The summed E-state index contributed by atoms with van der Waals surface area (Å²) >= 11 is 0. The van der Waals surface area contributed by atoms with Gasteiger partial charge in [-0.3, -0.25) is 14.6 Å². The number of aromatic amines is 1. The summed E-state index contributed by atoms with van der Waals surface area (Å²) in [7, 11) is 0. The van der Waals surface area contributed by atoms with Gasteiger partial charge in [0.1, 0.15) is 5.82 Å². The molecule has 3 aromatic rings. The van der Waals surface area contributed by atoms with E-state index in [-0.39, 0.29) is 11.5 Å². The van der Waals surface area contributed by atoms with Crippen LogP contribution in [0.25, 0.3) is 10.9 Å². The standard InChI is InChI=1S/C17H16N4O2/c22-16(19-12-8-10-18-11-9-12)7-3-6-15-20-14-5-2-1-4-13(14)17(23)21-15/h1-2,4-5,8-11H,3,6-7H2,(H,18,19,22)(H,20,21,23). The zero-order valence-electron chi connectivity index (χ0n) is 12.5. The van der Waals surface area contributed by atoms with E-state index in [0.717, 1.165) is 5.69 Å². The first kappa shape index (κ1) is 14.9. The van der Waals surface area contributed by atoms with Gasteiger partial charge in [0.2, 0.25) is 5.91 Å². The number of fused-ring (bicyclic) bond motifs is 1. The van der Waals surface area contributed by atoms with E-state index >= 15 is 0 Å². The molecule has 1 aromatic carbocycles. The maximum absolute atomic E-state index is 12.0. The van der Waals surface area contributed by atoms with Crippen LogP contribution in [-0.4, -0.2) is 20.9 Å². The van der Waals surface area contributed by atoms with E-state index < -0.39 is 0 Å². The van der Waals surface area contributed by atoms with Crippen molar-refractivity contribution in [1.82, 2.24) is 15.0 Å². The molecule has 0 bridgehead atoms. The van der Waals surface area contributed by atoms with E-state index in [0.29, 0.717) is 36.0 Å². The Balaban J connectivity index is 1.58. The minimum absolute atomic E-state index is 0.0701. The largest absolute Gasteiger partial charge is 0.326 e. The van der Waals surface area contributed by atoms with Gasteiger partial charge < -0.3 is 10.3 Å². The summed E-state index contributed by atoms with van der Waals surface area (Å²) in [6.45, 7) is 0. The van der Waals surface area contributed by atoms with Crippen molar-refractivity contribution in [3.63, 3.8) is 0 Å². The van der Waals surface area contributed by atoms with Crippen LogP contribution in [0.15, 0.2) is 53.6 Å². The lowest BCUT2D eigenvalue weighted by atomic mass is 10.2. The molecular weight excluding hydrogens is 292 g/mol. The molecule has 0 unspecified atom stereocenters. The number of carbonyl (C=O) groups is 1. The third kappa shape index (κ3) is 3.79. The molecule has 2 aromatic heterocycles. The monoisotopic (exact) mass is 308 g/mol. The number of hydrogen-bond donors (Lipinski definition) is 2. The van der Waals surface area contributed by atoms with Crippen molar-refractivity contribution >= 4 is 22.5 Å². The van der Waals surface area contributed by atoms with E-state index in [9.17, 15) is 9.59 Å². The second-order valence-electron chi connectivity index (χ2n) is 5.17.